The fraction of sp³-hybridized carbons (Fsp3) is 0.632. The molecule has 1 aromatic carbocycles. The third-order valence-corrected chi connectivity index (χ3v) is 4.51. The second-order valence-electron chi connectivity index (χ2n) is 6.67. The average Bonchev–Trinajstić information content (AvgIpc) is 2.63. The first-order chi connectivity index (χ1) is 12.5. The van der Waals surface area contributed by atoms with Crippen molar-refractivity contribution in [3.63, 3.8) is 0 Å². The molecule has 1 unspecified atom stereocenters. The summed E-state index contributed by atoms with van der Waals surface area (Å²) in [6.07, 6.45) is 0. The van der Waals surface area contributed by atoms with Crippen LogP contribution in [0.15, 0.2) is 18.2 Å². The van der Waals surface area contributed by atoms with Crippen molar-refractivity contribution >= 4 is 5.91 Å². The van der Waals surface area contributed by atoms with E-state index in [9.17, 15) is 4.79 Å². The van der Waals surface area contributed by atoms with E-state index in [0.717, 1.165) is 44.2 Å². The van der Waals surface area contributed by atoms with Crippen LogP contribution >= 0.6 is 0 Å². The molecule has 0 spiro atoms. The van der Waals surface area contributed by atoms with Crippen LogP contribution in [0, 0.1) is 0 Å². The fourth-order valence-electron chi connectivity index (χ4n) is 3.16. The standard InChI is InChI=1S/C19H31N3O4/c1-15(14-24-2)20-19(23)13-22-9-7-21(8-10-22)12-16-5-6-17(25-3)18(11-16)26-4/h5-6,11,15H,7-10,12-14H2,1-4H3,(H,20,23). The van der Waals surface area contributed by atoms with Crippen molar-refractivity contribution in [3.05, 3.63) is 23.8 Å². The van der Waals surface area contributed by atoms with Gasteiger partial charge in [0.05, 0.1) is 27.4 Å². The third kappa shape index (κ3) is 6.16. The number of nitrogens with one attached hydrogen (secondary N) is 1. The van der Waals surface area contributed by atoms with Crippen LogP contribution in [0.4, 0.5) is 0 Å². The van der Waals surface area contributed by atoms with Gasteiger partial charge in [-0.25, -0.2) is 0 Å². The summed E-state index contributed by atoms with van der Waals surface area (Å²) >= 11 is 0. The van der Waals surface area contributed by atoms with E-state index in [4.69, 9.17) is 14.2 Å². The Labute approximate surface area is 156 Å². The van der Waals surface area contributed by atoms with Crippen molar-refractivity contribution in [3.8, 4) is 11.5 Å². The van der Waals surface area contributed by atoms with Crippen molar-refractivity contribution in [2.24, 2.45) is 0 Å². The maximum Gasteiger partial charge on any atom is 0.234 e. The number of piperazine rings is 1. The van der Waals surface area contributed by atoms with E-state index in [-0.39, 0.29) is 11.9 Å². The predicted octanol–water partition coefficient (Wildman–Crippen LogP) is 0.973. The molecule has 1 N–H and O–H groups in total. The summed E-state index contributed by atoms with van der Waals surface area (Å²) in [6.45, 7) is 7.44. The van der Waals surface area contributed by atoms with Gasteiger partial charge in [0.1, 0.15) is 0 Å². The lowest BCUT2D eigenvalue weighted by atomic mass is 10.1. The summed E-state index contributed by atoms with van der Waals surface area (Å²) in [5, 5.41) is 2.96. The summed E-state index contributed by atoms with van der Waals surface area (Å²) in [7, 11) is 4.93. The van der Waals surface area contributed by atoms with Crippen LogP contribution in [-0.4, -0.2) is 82.4 Å². The Bertz CT molecular complexity index is 574. The smallest absolute Gasteiger partial charge is 0.234 e. The summed E-state index contributed by atoms with van der Waals surface area (Å²) in [5.74, 6) is 1.56. The van der Waals surface area contributed by atoms with Crippen LogP contribution in [0.1, 0.15) is 12.5 Å². The number of nitrogens with zero attached hydrogens (tertiary/aromatic N) is 2. The minimum atomic E-state index is 0.0406. The minimum absolute atomic E-state index is 0.0406. The predicted molar refractivity (Wildman–Crippen MR) is 101 cm³/mol. The number of carbonyl (C=O) groups excluding carboxylic acids is 1. The molecule has 1 fully saturated rings. The van der Waals surface area contributed by atoms with E-state index in [1.165, 1.54) is 5.56 Å². The first kappa shape index (κ1) is 20.5. The summed E-state index contributed by atoms with van der Waals surface area (Å²) in [6, 6.07) is 6.07. The molecule has 1 aromatic rings. The molecule has 1 aliphatic heterocycles. The van der Waals surface area contributed by atoms with Gasteiger partial charge < -0.3 is 19.5 Å². The Balaban J connectivity index is 1.77. The van der Waals surface area contributed by atoms with Crippen molar-refractivity contribution < 1.29 is 19.0 Å². The molecular weight excluding hydrogens is 334 g/mol. The van der Waals surface area contributed by atoms with Gasteiger partial charge in [-0.1, -0.05) is 6.07 Å². The number of benzene rings is 1. The first-order valence-corrected chi connectivity index (χ1v) is 8.99. The normalized spacial score (nSPS) is 16.9. The number of amides is 1. The highest BCUT2D eigenvalue weighted by Crippen LogP contribution is 2.28. The lowest BCUT2D eigenvalue weighted by Gasteiger charge is -2.34. The van der Waals surface area contributed by atoms with Crippen LogP contribution in [-0.2, 0) is 16.1 Å². The number of methoxy groups -OCH3 is 3. The van der Waals surface area contributed by atoms with Gasteiger partial charge in [0.2, 0.25) is 5.91 Å². The van der Waals surface area contributed by atoms with Crippen molar-refractivity contribution in [1.82, 2.24) is 15.1 Å². The fourth-order valence-corrected chi connectivity index (χ4v) is 3.16. The van der Waals surface area contributed by atoms with E-state index in [0.29, 0.717) is 13.2 Å². The second kappa shape index (κ2) is 10.4. The minimum Gasteiger partial charge on any atom is -0.493 e. The molecule has 7 nitrogen and oxygen atoms in total. The molecule has 1 atom stereocenters. The number of hydrogen-bond donors (Lipinski definition) is 1. The molecule has 1 heterocycles. The number of rotatable bonds is 9. The zero-order valence-corrected chi connectivity index (χ0v) is 16.3. The average molecular weight is 365 g/mol. The zero-order chi connectivity index (χ0) is 18.9. The largest absolute Gasteiger partial charge is 0.493 e. The maximum absolute atomic E-state index is 12.1. The van der Waals surface area contributed by atoms with E-state index >= 15 is 0 Å². The van der Waals surface area contributed by atoms with Gasteiger partial charge in [-0.15, -0.1) is 0 Å². The topological polar surface area (TPSA) is 63.3 Å². The van der Waals surface area contributed by atoms with Gasteiger partial charge in [-0.3, -0.25) is 14.6 Å². The van der Waals surface area contributed by atoms with Crippen LogP contribution in [0.5, 0.6) is 11.5 Å². The lowest BCUT2D eigenvalue weighted by molar-refractivity contribution is -0.123. The molecule has 146 valence electrons. The Hall–Kier alpha value is -1.83. The lowest BCUT2D eigenvalue weighted by Crippen LogP contribution is -2.50. The Morgan fingerprint density at radius 3 is 2.35 bits per heavy atom. The van der Waals surface area contributed by atoms with Crippen LogP contribution in [0.25, 0.3) is 0 Å². The van der Waals surface area contributed by atoms with Gasteiger partial charge in [-0.05, 0) is 24.6 Å². The Kier molecular flexibility index (Phi) is 8.15. The summed E-state index contributed by atoms with van der Waals surface area (Å²) in [4.78, 5) is 16.6. The van der Waals surface area contributed by atoms with E-state index in [2.05, 4.69) is 21.2 Å². The highest BCUT2D eigenvalue weighted by Gasteiger charge is 2.20. The Morgan fingerprint density at radius 2 is 1.73 bits per heavy atom. The van der Waals surface area contributed by atoms with Gasteiger partial charge >= 0.3 is 0 Å². The molecule has 0 aliphatic carbocycles. The molecule has 1 amide bonds. The van der Waals surface area contributed by atoms with E-state index < -0.39 is 0 Å². The highest BCUT2D eigenvalue weighted by molar-refractivity contribution is 5.78. The van der Waals surface area contributed by atoms with Gasteiger partial charge in [0.25, 0.3) is 0 Å². The van der Waals surface area contributed by atoms with Gasteiger partial charge in [0.15, 0.2) is 11.5 Å². The molecule has 26 heavy (non-hydrogen) atoms. The molecule has 1 saturated heterocycles. The van der Waals surface area contributed by atoms with Crippen LogP contribution in [0.3, 0.4) is 0 Å². The van der Waals surface area contributed by atoms with Crippen molar-refractivity contribution in [2.45, 2.75) is 19.5 Å². The zero-order valence-electron chi connectivity index (χ0n) is 16.3. The monoisotopic (exact) mass is 365 g/mol. The molecule has 7 heteroatoms. The quantitative estimate of drug-likeness (QED) is 0.704. The van der Waals surface area contributed by atoms with E-state index in [1.807, 2.05) is 19.1 Å². The SMILES string of the molecule is COCC(C)NC(=O)CN1CCN(Cc2ccc(OC)c(OC)c2)CC1. The summed E-state index contributed by atoms with van der Waals surface area (Å²) in [5.41, 5.74) is 1.20. The van der Waals surface area contributed by atoms with Gasteiger partial charge in [-0.2, -0.15) is 0 Å². The molecule has 0 bridgehead atoms. The molecule has 0 radical (unpaired) electrons. The highest BCUT2D eigenvalue weighted by atomic mass is 16.5. The van der Waals surface area contributed by atoms with Crippen molar-refractivity contribution in [2.75, 3.05) is 60.7 Å². The Morgan fingerprint density at radius 1 is 1.08 bits per heavy atom. The number of carbonyl (C=O) groups is 1. The van der Waals surface area contributed by atoms with Crippen LogP contribution in [0.2, 0.25) is 0 Å². The second-order valence-corrected chi connectivity index (χ2v) is 6.67. The molecule has 2 rings (SSSR count). The number of ether oxygens (including phenoxy) is 3. The molecule has 0 aromatic heterocycles. The maximum atomic E-state index is 12.1. The number of hydrogen-bond acceptors (Lipinski definition) is 6. The molecular formula is C19H31N3O4. The third-order valence-electron chi connectivity index (χ3n) is 4.51. The van der Waals surface area contributed by atoms with Crippen molar-refractivity contribution in [1.29, 1.82) is 0 Å². The van der Waals surface area contributed by atoms with Crippen LogP contribution < -0.4 is 14.8 Å². The molecule has 1 aliphatic rings. The first-order valence-electron chi connectivity index (χ1n) is 8.99. The van der Waals surface area contributed by atoms with E-state index in [1.54, 1.807) is 21.3 Å². The summed E-state index contributed by atoms with van der Waals surface area (Å²) < 4.78 is 15.7. The molecule has 0 saturated carbocycles. The van der Waals surface area contributed by atoms with Gasteiger partial charge in [0, 0.05) is 45.9 Å².